The molecular formula is C16H30N2O. The van der Waals surface area contributed by atoms with Crippen molar-refractivity contribution in [2.75, 3.05) is 20.2 Å². The SMILES string of the molecule is COC1CCCC(N2CCCCC2CNC2CC2)C1. The van der Waals surface area contributed by atoms with Gasteiger partial charge in [0.05, 0.1) is 6.10 Å². The highest BCUT2D eigenvalue weighted by molar-refractivity contribution is 4.90. The third kappa shape index (κ3) is 3.71. The molecule has 0 radical (unpaired) electrons. The van der Waals surface area contributed by atoms with Crippen LogP contribution in [0.25, 0.3) is 0 Å². The van der Waals surface area contributed by atoms with Crippen LogP contribution in [0.1, 0.15) is 57.8 Å². The van der Waals surface area contributed by atoms with Crippen LogP contribution in [0, 0.1) is 0 Å². The van der Waals surface area contributed by atoms with E-state index in [-0.39, 0.29) is 0 Å². The first-order valence-electron chi connectivity index (χ1n) is 8.38. The summed E-state index contributed by atoms with van der Waals surface area (Å²) in [7, 11) is 1.88. The number of ether oxygens (including phenoxy) is 1. The quantitative estimate of drug-likeness (QED) is 0.827. The topological polar surface area (TPSA) is 24.5 Å². The van der Waals surface area contributed by atoms with E-state index in [1.807, 2.05) is 7.11 Å². The van der Waals surface area contributed by atoms with Crippen molar-refractivity contribution in [1.82, 2.24) is 10.2 Å². The molecule has 3 nitrogen and oxygen atoms in total. The lowest BCUT2D eigenvalue weighted by Crippen LogP contribution is -2.52. The minimum absolute atomic E-state index is 0.512. The van der Waals surface area contributed by atoms with Crippen LogP contribution in [0.4, 0.5) is 0 Å². The molecule has 3 heteroatoms. The number of nitrogens with zero attached hydrogens (tertiary/aromatic N) is 1. The van der Waals surface area contributed by atoms with Gasteiger partial charge in [-0.2, -0.15) is 0 Å². The fraction of sp³-hybridized carbons (Fsp3) is 1.00. The van der Waals surface area contributed by atoms with Gasteiger partial charge in [0.2, 0.25) is 0 Å². The van der Waals surface area contributed by atoms with Gasteiger partial charge in [-0.1, -0.05) is 6.42 Å². The Morgan fingerprint density at radius 1 is 1.05 bits per heavy atom. The Bertz CT molecular complexity index is 280. The molecule has 1 heterocycles. The zero-order valence-electron chi connectivity index (χ0n) is 12.4. The smallest absolute Gasteiger partial charge is 0.0586 e. The van der Waals surface area contributed by atoms with Crippen molar-refractivity contribution >= 4 is 0 Å². The van der Waals surface area contributed by atoms with E-state index in [0.717, 1.165) is 18.1 Å². The first-order chi connectivity index (χ1) is 9.36. The lowest BCUT2D eigenvalue weighted by atomic mass is 9.88. The van der Waals surface area contributed by atoms with Gasteiger partial charge in [0, 0.05) is 31.8 Å². The van der Waals surface area contributed by atoms with Crippen molar-refractivity contribution in [1.29, 1.82) is 0 Å². The molecule has 2 saturated carbocycles. The molecule has 0 bridgehead atoms. The average molecular weight is 266 g/mol. The molecule has 0 aromatic carbocycles. The first kappa shape index (κ1) is 13.8. The van der Waals surface area contributed by atoms with Crippen LogP contribution < -0.4 is 5.32 Å². The minimum Gasteiger partial charge on any atom is -0.381 e. The van der Waals surface area contributed by atoms with Crippen LogP contribution in [0.2, 0.25) is 0 Å². The molecule has 1 N–H and O–H groups in total. The summed E-state index contributed by atoms with van der Waals surface area (Å²) in [6, 6.07) is 2.42. The zero-order chi connectivity index (χ0) is 13.1. The van der Waals surface area contributed by atoms with Gasteiger partial charge < -0.3 is 10.1 Å². The number of hydrogen-bond donors (Lipinski definition) is 1. The molecule has 0 aromatic heterocycles. The van der Waals surface area contributed by atoms with Crippen LogP contribution >= 0.6 is 0 Å². The first-order valence-corrected chi connectivity index (χ1v) is 8.38. The second kappa shape index (κ2) is 6.55. The van der Waals surface area contributed by atoms with Crippen molar-refractivity contribution in [3.05, 3.63) is 0 Å². The normalized spacial score (nSPS) is 37.4. The Morgan fingerprint density at radius 3 is 2.74 bits per heavy atom. The van der Waals surface area contributed by atoms with Crippen molar-refractivity contribution in [2.45, 2.75) is 82.0 Å². The average Bonchev–Trinajstić information content (AvgIpc) is 3.30. The van der Waals surface area contributed by atoms with Gasteiger partial charge in [0.15, 0.2) is 0 Å². The minimum atomic E-state index is 0.512. The van der Waals surface area contributed by atoms with Crippen LogP contribution in [-0.2, 0) is 4.74 Å². The van der Waals surface area contributed by atoms with Gasteiger partial charge in [0.1, 0.15) is 0 Å². The summed E-state index contributed by atoms with van der Waals surface area (Å²) >= 11 is 0. The highest BCUT2D eigenvalue weighted by Gasteiger charge is 2.33. The maximum Gasteiger partial charge on any atom is 0.0586 e. The van der Waals surface area contributed by atoms with Gasteiger partial charge in [-0.15, -0.1) is 0 Å². The molecule has 110 valence electrons. The Kier molecular flexibility index (Phi) is 4.78. The summed E-state index contributed by atoms with van der Waals surface area (Å²) in [4.78, 5) is 2.82. The van der Waals surface area contributed by atoms with E-state index >= 15 is 0 Å². The third-order valence-corrected chi connectivity index (χ3v) is 5.29. The molecule has 3 unspecified atom stereocenters. The van der Waals surface area contributed by atoms with Crippen LogP contribution in [0.3, 0.4) is 0 Å². The Labute approximate surface area is 118 Å². The van der Waals surface area contributed by atoms with E-state index in [4.69, 9.17) is 4.74 Å². The van der Waals surface area contributed by atoms with E-state index in [1.54, 1.807) is 0 Å². The summed E-state index contributed by atoms with van der Waals surface area (Å²) < 4.78 is 5.61. The molecule has 3 rings (SSSR count). The van der Waals surface area contributed by atoms with Gasteiger partial charge in [0.25, 0.3) is 0 Å². The Balaban J connectivity index is 1.55. The van der Waals surface area contributed by atoms with Gasteiger partial charge in [-0.05, 0) is 57.9 Å². The predicted molar refractivity (Wildman–Crippen MR) is 78.4 cm³/mol. The van der Waals surface area contributed by atoms with Crippen molar-refractivity contribution < 1.29 is 4.74 Å². The number of hydrogen-bond acceptors (Lipinski definition) is 3. The predicted octanol–water partition coefficient (Wildman–Crippen LogP) is 2.55. The van der Waals surface area contributed by atoms with Gasteiger partial charge in [-0.3, -0.25) is 4.90 Å². The van der Waals surface area contributed by atoms with Crippen molar-refractivity contribution in [2.24, 2.45) is 0 Å². The summed E-state index contributed by atoms with van der Waals surface area (Å²) in [5.74, 6) is 0. The lowest BCUT2D eigenvalue weighted by Gasteiger charge is -2.44. The summed E-state index contributed by atoms with van der Waals surface area (Å²) in [5.41, 5.74) is 0. The van der Waals surface area contributed by atoms with Crippen LogP contribution in [0.5, 0.6) is 0 Å². The molecule has 3 atom stereocenters. The molecule has 19 heavy (non-hydrogen) atoms. The van der Waals surface area contributed by atoms with Gasteiger partial charge >= 0.3 is 0 Å². The lowest BCUT2D eigenvalue weighted by molar-refractivity contribution is 0.00397. The maximum absolute atomic E-state index is 5.61. The van der Waals surface area contributed by atoms with E-state index < -0.39 is 0 Å². The zero-order valence-corrected chi connectivity index (χ0v) is 12.4. The number of piperidine rings is 1. The Hall–Kier alpha value is -0.120. The standard InChI is InChI=1S/C16H30N2O/c1-19-16-7-4-6-14(11-16)18-10-3-2-5-15(18)12-17-13-8-9-13/h13-17H,2-12H2,1H3. The molecule has 3 aliphatic rings. The summed E-state index contributed by atoms with van der Waals surface area (Å²) in [5, 5.41) is 3.75. The molecule has 2 aliphatic carbocycles. The van der Waals surface area contributed by atoms with E-state index in [1.165, 1.54) is 70.9 Å². The molecule has 0 spiro atoms. The van der Waals surface area contributed by atoms with Crippen LogP contribution in [0.15, 0.2) is 0 Å². The number of nitrogens with one attached hydrogen (secondary N) is 1. The number of methoxy groups -OCH3 is 1. The summed E-state index contributed by atoms with van der Waals surface area (Å²) in [6.45, 7) is 2.54. The fourth-order valence-corrected chi connectivity index (χ4v) is 3.95. The highest BCUT2D eigenvalue weighted by Crippen LogP contribution is 2.30. The third-order valence-electron chi connectivity index (χ3n) is 5.29. The highest BCUT2D eigenvalue weighted by atomic mass is 16.5. The molecule has 0 amide bonds. The molecule has 3 fully saturated rings. The van der Waals surface area contributed by atoms with Crippen LogP contribution in [-0.4, -0.2) is 49.3 Å². The molecular weight excluding hydrogens is 236 g/mol. The molecule has 0 aromatic rings. The largest absolute Gasteiger partial charge is 0.381 e. The monoisotopic (exact) mass is 266 g/mol. The fourth-order valence-electron chi connectivity index (χ4n) is 3.95. The second-order valence-corrected chi connectivity index (χ2v) is 6.75. The second-order valence-electron chi connectivity index (χ2n) is 6.75. The summed E-state index contributed by atoms with van der Waals surface area (Å²) in [6.07, 6.45) is 12.8. The van der Waals surface area contributed by atoms with Crippen molar-refractivity contribution in [3.63, 3.8) is 0 Å². The molecule has 1 saturated heterocycles. The number of likely N-dealkylation sites (tertiary alicyclic amines) is 1. The Morgan fingerprint density at radius 2 is 1.95 bits per heavy atom. The van der Waals surface area contributed by atoms with Gasteiger partial charge in [-0.25, -0.2) is 0 Å². The van der Waals surface area contributed by atoms with E-state index in [0.29, 0.717) is 6.10 Å². The van der Waals surface area contributed by atoms with E-state index in [2.05, 4.69) is 10.2 Å². The van der Waals surface area contributed by atoms with E-state index in [9.17, 15) is 0 Å². The molecule has 1 aliphatic heterocycles. The van der Waals surface area contributed by atoms with Crippen molar-refractivity contribution in [3.8, 4) is 0 Å². The number of rotatable bonds is 5. The maximum atomic E-state index is 5.61.